The van der Waals surface area contributed by atoms with Gasteiger partial charge in [-0.25, -0.2) is 0 Å². The molecule has 0 fully saturated rings. The number of thiocarbonyl (C=S) groups is 1. The fraction of sp³-hybridized carbons (Fsp3) is 0.235. The molecular weight excluding hydrogens is 316 g/mol. The van der Waals surface area contributed by atoms with E-state index in [9.17, 15) is 0 Å². The van der Waals surface area contributed by atoms with Crippen molar-refractivity contribution in [3.8, 4) is 5.75 Å². The highest BCUT2D eigenvalue weighted by Crippen LogP contribution is 2.16. The molecule has 116 valence electrons. The number of nitrogens with one attached hydrogen (secondary N) is 1. The molecule has 0 aromatic heterocycles. The predicted molar refractivity (Wildman–Crippen MR) is 95.5 cm³/mol. The van der Waals surface area contributed by atoms with Crippen molar-refractivity contribution in [3.05, 3.63) is 65.2 Å². The van der Waals surface area contributed by atoms with Crippen LogP contribution in [0.4, 0.5) is 0 Å². The first-order valence-electron chi connectivity index (χ1n) is 7.06. The van der Waals surface area contributed by atoms with E-state index in [1.165, 1.54) is 5.56 Å². The van der Waals surface area contributed by atoms with Gasteiger partial charge in [-0.1, -0.05) is 48.0 Å². The van der Waals surface area contributed by atoms with Gasteiger partial charge in [0.15, 0.2) is 5.11 Å². The van der Waals surface area contributed by atoms with Gasteiger partial charge in [0.05, 0.1) is 6.54 Å². The average molecular weight is 335 g/mol. The van der Waals surface area contributed by atoms with E-state index in [0.717, 1.165) is 12.3 Å². The lowest BCUT2D eigenvalue weighted by molar-refractivity contribution is 0.283. The first-order chi connectivity index (χ1) is 10.6. The Kier molecular flexibility index (Phi) is 6.49. The van der Waals surface area contributed by atoms with E-state index in [2.05, 4.69) is 17.4 Å². The maximum absolute atomic E-state index is 5.92. The van der Waals surface area contributed by atoms with E-state index in [1.807, 2.05) is 48.3 Å². The van der Waals surface area contributed by atoms with Gasteiger partial charge in [0, 0.05) is 18.6 Å². The molecular formula is C17H19ClN2OS. The highest BCUT2D eigenvalue weighted by molar-refractivity contribution is 7.80. The summed E-state index contributed by atoms with van der Waals surface area (Å²) in [6.45, 7) is 1.97. The summed E-state index contributed by atoms with van der Waals surface area (Å²) < 4.78 is 5.66. The molecule has 0 atom stereocenters. The second kappa shape index (κ2) is 8.61. The second-order valence-corrected chi connectivity index (χ2v) is 5.69. The van der Waals surface area contributed by atoms with Gasteiger partial charge in [0.2, 0.25) is 0 Å². The molecule has 0 aliphatic carbocycles. The lowest BCUT2D eigenvalue weighted by Gasteiger charge is -2.21. The van der Waals surface area contributed by atoms with Crippen molar-refractivity contribution < 1.29 is 4.74 Å². The number of rotatable bonds is 6. The molecule has 0 heterocycles. The van der Waals surface area contributed by atoms with Crippen molar-refractivity contribution in [2.24, 2.45) is 0 Å². The van der Waals surface area contributed by atoms with Gasteiger partial charge in [0.25, 0.3) is 0 Å². The fourth-order valence-corrected chi connectivity index (χ4v) is 2.21. The molecule has 2 rings (SSSR count). The van der Waals surface area contributed by atoms with Crippen molar-refractivity contribution in [3.63, 3.8) is 0 Å². The van der Waals surface area contributed by atoms with Crippen LogP contribution in [0.3, 0.4) is 0 Å². The number of hydrogen-bond donors (Lipinski definition) is 1. The Morgan fingerprint density at radius 3 is 2.68 bits per heavy atom. The molecule has 2 aromatic rings. The van der Waals surface area contributed by atoms with Gasteiger partial charge >= 0.3 is 0 Å². The normalized spacial score (nSPS) is 10.1. The van der Waals surface area contributed by atoms with Crippen LogP contribution in [0.25, 0.3) is 0 Å². The largest absolute Gasteiger partial charge is 0.492 e. The smallest absolute Gasteiger partial charge is 0.169 e. The molecule has 0 spiro atoms. The molecule has 0 radical (unpaired) electrons. The topological polar surface area (TPSA) is 24.5 Å². The van der Waals surface area contributed by atoms with Crippen molar-refractivity contribution >= 4 is 28.9 Å². The monoisotopic (exact) mass is 334 g/mol. The number of likely N-dealkylation sites (N-methyl/N-ethyl adjacent to an activating group) is 1. The lowest BCUT2D eigenvalue weighted by atomic mass is 10.2. The van der Waals surface area contributed by atoms with E-state index in [-0.39, 0.29) is 0 Å². The van der Waals surface area contributed by atoms with Crippen LogP contribution in [-0.2, 0) is 6.54 Å². The molecule has 22 heavy (non-hydrogen) atoms. The van der Waals surface area contributed by atoms with Crippen LogP contribution in [0.1, 0.15) is 5.56 Å². The fourth-order valence-electron chi connectivity index (χ4n) is 1.87. The summed E-state index contributed by atoms with van der Waals surface area (Å²) in [5, 5.41) is 4.62. The van der Waals surface area contributed by atoms with Gasteiger partial charge in [0.1, 0.15) is 12.4 Å². The minimum Gasteiger partial charge on any atom is -0.492 e. The molecule has 2 aromatic carbocycles. The Hall–Kier alpha value is -1.78. The Morgan fingerprint density at radius 2 is 1.95 bits per heavy atom. The molecule has 1 N–H and O–H groups in total. The van der Waals surface area contributed by atoms with E-state index >= 15 is 0 Å². The van der Waals surface area contributed by atoms with Gasteiger partial charge in [-0.2, -0.15) is 0 Å². The SMILES string of the molecule is CN(CCOc1cccc(Cl)c1)C(=S)NCc1ccccc1. The highest BCUT2D eigenvalue weighted by atomic mass is 35.5. The number of ether oxygens (including phenoxy) is 1. The summed E-state index contributed by atoms with van der Waals surface area (Å²) >= 11 is 11.3. The zero-order valence-corrected chi connectivity index (χ0v) is 14.0. The summed E-state index contributed by atoms with van der Waals surface area (Å²) in [4.78, 5) is 1.96. The third-order valence-electron chi connectivity index (χ3n) is 3.12. The zero-order valence-electron chi connectivity index (χ0n) is 12.5. The van der Waals surface area contributed by atoms with Gasteiger partial charge in [-0.3, -0.25) is 0 Å². The Morgan fingerprint density at radius 1 is 1.18 bits per heavy atom. The summed E-state index contributed by atoms with van der Waals surface area (Å²) in [5.74, 6) is 0.768. The molecule has 5 heteroatoms. The Labute approximate surface area is 141 Å². The zero-order chi connectivity index (χ0) is 15.8. The molecule has 0 bridgehead atoms. The van der Waals surface area contributed by atoms with Gasteiger partial charge < -0.3 is 15.0 Å². The molecule has 0 aliphatic rings. The molecule has 0 unspecified atom stereocenters. The molecule has 0 amide bonds. The third kappa shape index (κ3) is 5.54. The molecule has 0 aliphatic heterocycles. The van der Waals surface area contributed by atoms with Crippen molar-refractivity contribution in [2.45, 2.75) is 6.54 Å². The number of hydrogen-bond acceptors (Lipinski definition) is 2. The van der Waals surface area contributed by atoms with Crippen LogP contribution >= 0.6 is 23.8 Å². The first kappa shape index (κ1) is 16.6. The van der Waals surface area contributed by atoms with E-state index in [0.29, 0.717) is 23.3 Å². The quantitative estimate of drug-likeness (QED) is 0.814. The van der Waals surface area contributed by atoms with Gasteiger partial charge in [-0.05, 0) is 36.0 Å². The minimum absolute atomic E-state index is 0.546. The first-order valence-corrected chi connectivity index (χ1v) is 7.85. The number of nitrogens with zero attached hydrogens (tertiary/aromatic N) is 1. The Balaban J connectivity index is 1.70. The van der Waals surface area contributed by atoms with Gasteiger partial charge in [-0.15, -0.1) is 0 Å². The lowest BCUT2D eigenvalue weighted by Crippen LogP contribution is -2.38. The van der Waals surface area contributed by atoms with E-state index < -0.39 is 0 Å². The van der Waals surface area contributed by atoms with Crippen molar-refractivity contribution in [1.29, 1.82) is 0 Å². The predicted octanol–water partition coefficient (Wildman–Crippen LogP) is 3.73. The summed E-state index contributed by atoms with van der Waals surface area (Å²) in [6, 6.07) is 17.5. The van der Waals surface area contributed by atoms with Crippen LogP contribution < -0.4 is 10.1 Å². The molecule has 0 saturated carbocycles. The standard InChI is InChI=1S/C17H19ClN2OS/c1-20(10-11-21-16-9-5-8-15(18)12-16)17(22)19-13-14-6-3-2-4-7-14/h2-9,12H,10-11,13H2,1H3,(H,19,22). The van der Waals surface area contributed by atoms with E-state index in [1.54, 1.807) is 6.07 Å². The van der Waals surface area contributed by atoms with Crippen molar-refractivity contribution in [2.75, 3.05) is 20.2 Å². The number of halogens is 1. The molecule has 0 saturated heterocycles. The van der Waals surface area contributed by atoms with Crippen LogP contribution in [0.15, 0.2) is 54.6 Å². The average Bonchev–Trinajstić information content (AvgIpc) is 2.53. The summed E-state index contributed by atoms with van der Waals surface area (Å²) in [7, 11) is 1.95. The Bertz CT molecular complexity index is 607. The second-order valence-electron chi connectivity index (χ2n) is 4.87. The summed E-state index contributed by atoms with van der Waals surface area (Å²) in [6.07, 6.45) is 0. The van der Waals surface area contributed by atoms with Crippen molar-refractivity contribution in [1.82, 2.24) is 10.2 Å². The number of benzene rings is 2. The third-order valence-corrected chi connectivity index (χ3v) is 3.82. The summed E-state index contributed by atoms with van der Waals surface area (Å²) in [5.41, 5.74) is 1.20. The van der Waals surface area contributed by atoms with Crippen LogP contribution in [0.2, 0.25) is 5.02 Å². The van der Waals surface area contributed by atoms with Crippen LogP contribution in [-0.4, -0.2) is 30.2 Å². The van der Waals surface area contributed by atoms with Crippen LogP contribution in [0, 0.1) is 0 Å². The maximum atomic E-state index is 5.92. The minimum atomic E-state index is 0.546. The molecule has 3 nitrogen and oxygen atoms in total. The van der Waals surface area contributed by atoms with E-state index in [4.69, 9.17) is 28.6 Å². The highest BCUT2D eigenvalue weighted by Gasteiger charge is 2.04. The maximum Gasteiger partial charge on any atom is 0.169 e. The van der Waals surface area contributed by atoms with Crippen LogP contribution in [0.5, 0.6) is 5.75 Å².